The van der Waals surface area contributed by atoms with Gasteiger partial charge in [0.15, 0.2) is 0 Å². The molecule has 110 valence electrons. The first-order valence-electron chi connectivity index (χ1n) is 6.42. The van der Waals surface area contributed by atoms with Gasteiger partial charge in [-0.05, 0) is 17.9 Å². The zero-order chi connectivity index (χ0) is 14.8. The second-order valence-electron chi connectivity index (χ2n) is 5.25. The van der Waals surface area contributed by atoms with Crippen molar-refractivity contribution in [3.63, 3.8) is 0 Å². The molecular weight excluding hydrogens is 278 g/mol. The van der Waals surface area contributed by atoms with Crippen LogP contribution in [0.15, 0.2) is 17.5 Å². The topological polar surface area (TPSA) is 86.9 Å². The van der Waals surface area contributed by atoms with E-state index in [9.17, 15) is 9.59 Å². The molecule has 2 rings (SSSR count). The van der Waals surface area contributed by atoms with Crippen LogP contribution in [0.4, 0.5) is 0 Å². The van der Waals surface area contributed by atoms with Crippen LogP contribution in [0.3, 0.4) is 0 Å². The minimum absolute atomic E-state index is 0.0203. The van der Waals surface area contributed by atoms with E-state index in [1.54, 1.807) is 28.2 Å². The number of carboxylic acids is 1. The molecule has 2 heterocycles. The first-order chi connectivity index (χ1) is 9.40. The van der Waals surface area contributed by atoms with Gasteiger partial charge in [-0.1, -0.05) is 6.07 Å². The number of amides is 1. The Bertz CT molecular complexity index is 491. The molecule has 0 saturated carbocycles. The molecule has 0 aliphatic carbocycles. The molecule has 0 aromatic carbocycles. The van der Waals surface area contributed by atoms with Crippen LogP contribution in [-0.4, -0.2) is 59.0 Å². The predicted octanol–water partition coefficient (Wildman–Crippen LogP) is 0.194. The lowest BCUT2D eigenvalue weighted by Gasteiger charge is -2.22. The van der Waals surface area contributed by atoms with Crippen LogP contribution in [-0.2, 0) is 16.1 Å². The van der Waals surface area contributed by atoms with Gasteiger partial charge in [0, 0.05) is 25.0 Å². The Morgan fingerprint density at radius 1 is 1.60 bits per heavy atom. The van der Waals surface area contributed by atoms with E-state index in [4.69, 9.17) is 10.8 Å². The molecule has 1 aromatic rings. The highest BCUT2D eigenvalue weighted by molar-refractivity contribution is 7.09. The third kappa shape index (κ3) is 3.36. The normalized spacial score (nSPS) is 22.9. The number of nitrogens with zero attached hydrogens (tertiary/aromatic N) is 2. The van der Waals surface area contributed by atoms with Crippen molar-refractivity contribution in [3.8, 4) is 0 Å². The number of carboxylic acid groups (broad SMARTS) is 1. The van der Waals surface area contributed by atoms with Crippen molar-refractivity contribution >= 4 is 23.2 Å². The molecule has 1 atom stereocenters. The Morgan fingerprint density at radius 2 is 2.35 bits per heavy atom. The van der Waals surface area contributed by atoms with Gasteiger partial charge in [0.25, 0.3) is 0 Å². The molecule has 1 amide bonds. The van der Waals surface area contributed by atoms with Crippen LogP contribution in [0.25, 0.3) is 0 Å². The van der Waals surface area contributed by atoms with Gasteiger partial charge in [-0.15, -0.1) is 11.3 Å². The summed E-state index contributed by atoms with van der Waals surface area (Å²) >= 11 is 1.61. The lowest BCUT2D eigenvalue weighted by Crippen LogP contribution is -2.50. The SMILES string of the molecule is CN(Cc1cccs1)C(=O)CN1CCC(N)(C(=O)O)C1. The average molecular weight is 297 g/mol. The summed E-state index contributed by atoms with van der Waals surface area (Å²) in [7, 11) is 1.75. The molecule has 1 unspecified atom stereocenters. The first kappa shape index (κ1) is 15.0. The smallest absolute Gasteiger partial charge is 0.325 e. The summed E-state index contributed by atoms with van der Waals surface area (Å²) in [5, 5.41) is 11.0. The third-order valence-corrected chi connectivity index (χ3v) is 4.42. The van der Waals surface area contributed by atoms with Gasteiger partial charge in [-0.25, -0.2) is 0 Å². The van der Waals surface area contributed by atoms with Crippen molar-refractivity contribution in [2.75, 3.05) is 26.7 Å². The van der Waals surface area contributed by atoms with Gasteiger partial charge in [-0.3, -0.25) is 14.5 Å². The number of hydrogen-bond donors (Lipinski definition) is 2. The minimum Gasteiger partial charge on any atom is -0.480 e. The van der Waals surface area contributed by atoms with Gasteiger partial charge >= 0.3 is 5.97 Å². The summed E-state index contributed by atoms with van der Waals surface area (Å²) in [6.07, 6.45) is 0.379. The second-order valence-corrected chi connectivity index (χ2v) is 6.28. The van der Waals surface area contributed by atoms with E-state index in [0.29, 0.717) is 19.5 Å². The standard InChI is InChI=1S/C13H19N3O3S/c1-15(7-10-3-2-6-20-10)11(17)8-16-5-4-13(14,9-16)12(18)19/h2-3,6H,4-5,7-9,14H2,1H3,(H,18,19). The Morgan fingerprint density at radius 3 is 2.90 bits per heavy atom. The van der Waals surface area contributed by atoms with Gasteiger partial charge in [-0.2, -0.15) is 0 Å². The van der Waals surface area contributed by atoms with Crippen molar-refractivity contribution < 1.29 is 14.7 Å². The number of carbonyl (C=O) groups is 2. The summed E-state index contributed by atoms with van der Waals surface area (Å²) in [5.74, 6) is -1.02. The van der Waals surface area contributed by atoms with Gasteiger partial charge in [0.05, 0.1) is 13.1 Å². The number of likely N-dealkylation sites (N-methyl/N-ethyl adjacent to an activating group) is 1. The Balaban J connectivity index is 1.85. The molecule has 0 radical (unpaired) electrons. The molecule has 1 fully saturated rings. The maximum Gasteiger partial charge on any atom is 0.325 e. The zero-order valence-corrected chi connectivity index (χ0v) is 12.2. The van der Waals surface area contributed by atoms with Crippen LogP contribution < -0.4 is 5.73 Å². The highest BCUT2D eigenvalue weighted by Gasteiger charge is 2.41. The molecule has 1 aliphatic rings. The van der Waals surface area contributed by atoms with Crippen LogP contribution in [0.1, 0.15) is 11.3 Å². The quantitative estimate of drug-likeness (QED) is 0.810. The van der Waals surface area contributed by atoms with E-state index in [1.807, 2.05) is 17.5 Å². The molecular formula is C13H19N3O3S. The molecule has 20 heavy (non-hydrogen) atoms. The van der Waals surface area contributed by atoms with Crippen molar-refractivity contribution in [2.24, 2.45) is 5.73 Å². The molecule has 6 nitrogen and oxygen atoms in total. The molecule has 1 aliphatic heterocycles. The highest BCUT2D eigenvalue weighted by Crippen LogP contribution is 2.19. The van der Waals surface area contributed by atoms with Crippen LogP contribution in [0.5, 0.6) is 0 Å². The third-order valence-electron chi connectivity index (χ3n) is 3.56. The van der Waals surface area contributed by atoms with E-state index in [1.165, 1.54) is 0 Å². The lowest BCUT2D eigenvalue weighted by atomic mass is 10.0. The van der Waals surface area contributed by atoms with E-state index < -0.39 is 11.5 Å². The average Bonchev–Trinajstić information content (AvgIpc) is 3.00. The Hall–Kier alpha value is -1.44. The maximum absolute atomic E-state index is 12.1. The molecule has 3 N–H and O–H groups in total. The van der Waals surface area contributed by atoms with E-state index in [0.717, 1.165) is 4.88 Å². The Kier molecular flexibility index (Phi) is 4.42. The number of thiophene rings is 1. The van der Waals surface area contributed by atoms with E-state index in [2.05, 4.69) is 0 Å². The minimum atomic E-state index is -1.22. The van der Waals surface area contributed by atoms with Crippen molar-refractivity contribution in [3.05, 3.63) is 22.4 Å². The fraction of sp³-hybridized carbons (Fsp3) is 0.538. The summed E-state index contributed by atoms with van der Waals surface area (Å²) < 4.78 is 0. The molecule has 1 saturated heterocycles. The van der Waals surface area contributed by atoms with E-state index in [-0.39, 0.29) is 19.0 Å². The van der Waals surface area contributed by atoms with Crippen LogP contribution in [0, 0.1) is 0 Å². The number of carbonyl (C=O) groups excluding carboxylic acids is 1. The van der Waals surface area contributed by atoms with Crippen LogP contribution >= 0.6 is 11.3 Å². The summed E-state index contributed by atoms with van der Waals surface area (Å²) in [4.78, 5) is 27.7. The fourth-order valence-corrected chi connectivity index (χ4v) is 3.02. The Labute approximate surface area is 121 Å². The van der Waals surface area contributed by atoms with Gasteiger partial charge in [0.2, 0.25) is 5.91 Å². The number of likely N-dealkylation sites (tertiary alicyclic amines) is 1. The second kappa shape index (κ2) is 5.90. The molecule has 0 bridgehead atoms. The van der Waals surface area contributed by atoms with Crippen molar-refractivity contribution in [1.82, 2.24) is 9.80 Å². The maximum atomic E-state index is 12.1. The summed E-state index contributed by atoms with van der Waals surface area (Å²) in [6.45, 7) is 1.56. The zero-order valence-electron chi connectivity index (χ0n) is 11.4. The highest BCUT2D eigenvalue weighted by atomic mass is 32.1. The number of aliphatic carboxylic acids is 1. The summed E-state index contributed by atoms with van der Waals surface area (Å²) in [5.41, 5.74) is 4.57. The molecule has 0 spiro atoms. The van der Waals surface area contributed by atoms with Gasteiger partial charge in [0.1, 0.15) is 5.54 Å². The number of hydrogen-bond acceptors (Lipinski definition) is 5. The lowest BCUT2D eigenvalue weighted by molar-refractivity contribution is -0.143. The summed E-state index contributed by atoms with van der Waals surface area (Å²) in [6, 6.07) is 3.94. The van der Waals surface area contributed by atoms with Crippen LogP contribution in [0.2, 0.25) is 0 Å². The van der Waals surface area contributed by atoms with E-state index >= 15 is 0 Å². The first-order valence-corrected chi connectivity index (χ1v) is 7.30. The number of nitrogens with two attached hydrogens (primary N) is 1. The largest absolute Gasteiger partial charge is 0.480 e. The van der Waals surface area contributed by atoms with Crippen molar-refractivity contribution in [2.45, 2.75) is 18.5 Å². The molecule has 1 aromatic heterocycles. The predicted molar refractivity (Wildman–Crippen MR) is 76.4 cm³/mol. The fourth-order valence-electron chi connectivity index (χ4n) is 2.26. The van der Waals surface area contributed by atoms with Crippen molar-refractivity contribution in [1.29, 1.82) is 0 Å². The molecule has 7 heteroatoms. The number of rotatable bonds is 5. The van der Waals surface area contributed by atoms with Gasteiger partial charge < -0.3 is 15.7 Å². The monoisotopic (exact) mass is 297 g/mol.